The molecule has 164 valence electrons. The van der Waals surface area contributed by atoms with Crippen LogP contribution in [0.4, 0.5) is 0 Å². The molecule has 1 saturated heterocycles. The molecule has 1 N–H and O–H groups in total. The minimum absolute atomic E-state index is 0.00386. The number of hydrogen-bond donors (Lipinski definition) is 1. The van der Waals surface area contributed by atoms with E-state index in [1.54, 1.807) is 3.96 Å². The van der Waals surface area contributed by atoms with Crippen molar-refractivity contribution in [3.8, 4) is 17.0 Å². The number of nitrogens with zero attached hydrogens (tertiary/aromatic N) is 3. The van der Waals surface area contributed by atoms with E-state index in [2.05, 4.69) is 22.9 Å². The first-order chi connectivity index (χ1) is 15.6. The van der Waals surface area contributed by atoms with Crippen molar-refractivity contribution in [3.05, 3.63) is 56.6 Å². The Labute approximate surface area is 188 Å². The maximum Gasteiger partial charge on any atom is 0.275 e. The molecule has 0 spiro atoms. The highest BCUT2D eigenvalue weighted by Gasteiger charge is 2.26. The van der Waals surface area contributed by atoms with Crippen molar-refractivity contribution in [2.75, 3.05) is 19.6 Å². The van der Waals surface area contributed by atoms with Crippen LogP contribution in [0.15, 0.2) is 39.9 Å². The highest BCUT2D eigenvalue weighted by molar-refractivity contribution is 7.14. The zero-order valence-corrected chi connectivity index (χ0v) is 18.7. The van der Waals surface area contributed by atoms with E-state index in [9.17, 15) is 9.59 Å². The van der Waals surface area contributed by atoms with Gasteiger partial charge >= 0.3 is 0 Å². The number of ether oxygens (including phenoxy) is 1. The second-order valence-corrected chi connectivity index (χ2v) is 9.70. The zero-order valence-electron chi connectivity index (χ0n) is 17.9. The van der Waals surface area contributed by atoms with Crippen LogP contribution in [0.5, 0.6) is 5.75 Å². The Morgan fingerprint density at radius 2 is 2.12 bits per heavy atom. The fraction of sp³-hybridized carbons (Fsp3) is 0.375. The molecule has 0 saturated carbocycles. The predicted molar refractivity (Wildman–Crippen MR) is 127 cm³/mol. The Balaban J connectivity index is 1.65. The van der Waals surface area contributed by atoms with Crippen LogP contribution in [0.25, 0.3) is 32.4 Å². The standard InChI is InChI=1S/C24H24N4O3S/c1-2-4-14-11-18-21-19(12-14)31-15-7-8-27(13-15)9-10-28-24(30)17-6-3-5-16(22(17)32-28)20(26-21)23(29)25-18/h3,5-6,11-12,15H,2,4,7-10,13H2,1H3,(H,25,29). The predicted octanol–water partition coefficient (Wildman–Crippen LogP) is 3.39. The van der Waals surface area contributed by atoms with Crippen molar-refractivity contribution in [2.45, 2.75) is 38.8 Å². The van der Waals surface area contributed by atoms with E-state index in [0.29, 0.717) is 34.2 Å². The van der Waals surface area contributed by atoms with Crippen LogP contribution in [-0.4, -0.2) is 44.6 Å². The highest BCUT2D eigenvalue weighted by Crippen LogP contribution is 2.32. The molecule has 6 rings (SSSR count). The van der Waals surface area contributed by atoms with Crippen LogP contribution in [-0.2, 0) is 13.0 Å². The molecule has 4 heterocycles. The molecule has 2 aliphatic heterocycles. The van der Waals surface area contributed by atoms with E-state index in [-0.39, 0.29) is 17.2 Å². The monoisotopic (exact) mass is 448 g/mol. The van der Waals surface area contributed by atoms with Gasteiger partial charge in [-0.2, -0.15) is 0 Å². The van der Waals surface area contributed by atoms with E-state index in [1.807, 2.05) is 24.3 Å². The summed E-state index contributed by atoms with van der Waals surface area (Å²) in [6.45, 7) is 5.33. The van der Waals surface area contributed by atoms with Crippen molar-refractivity contribution in [1.29, 1.82) is 0 Å². The normalized spacial score (nSPS) is 20.2. The summed E-state index contributed by atoms with van der Waals surface area (Å²) in [6.07, 6.45) is 2.91. The van der Waals surface area contributed by atoms with Crippen molar-refractivity contribution in [2.24, 2.45) is 0 Å². The van der Waals surface area contributed by atoms with Crippen LogP contribution < -0.4 is 15.9 Å². The van der Waals surface area contributed by atoms with Crippen LogP contribution >= 0.6 is 11.5 Å². The first-order valence-electron chi connectivity index (χ1n) is 11.2. The van der Waals surface area contributed by atoms with Gasteiger partial charge in [0, 0.05) is 31.7 Å². The van der Waals surface area contributed by atoms with Gasteiger partial charge in [-0.1, -0.05) is 37.0 Å². The molecular weight excluding hydrogens is 424 g/mol. The zero-order chi connectivity index (χ0) is 21.8. The molecule has 0 aliphatic carbocycles. The Kier molecular flexibility index (Phi) is 4.66. The smallest absolute Gasteiger partial charge is 0.275 e. The van der Waals surface area contributed by atoms with E-state index in [1.165, 1.54) is 11.5 Å². The molecule has 6 bridgehead atoms. The van der Waals surface area contributed by atoms with Gasteiger partial charge in [0.15, 0.2) is 0 Å². The second-order valence-electron chi connectivity index (χ2n) is 8.66. The largest absolute Gasteiger partial charge is 0.487 e. The first kappa shape index (κ1) is 19.7. The van der Waals surface area contributed by atoms with Gasteiger partial charge in [-0.15, -0.1) is 0 Å². The number of aromatic amines is 1. The Bertz CT molecular complexity index is 1470. The molecule has 2 unspecified atom stereocenters. The van der Waals surface area contributed by atoms with Gasteiger partial charge in [0.05, 0.1) is 15.6 Å². The summed E-state index contributed by atoms with van der Waals surface area (Å²) >= 11 is 1.42. The molecule has 2 aromatic heterocycles. The second kappa shape index (κ2) is 7.56. The lowest BCUT2D eigenvalue weighted by molar-refractivity contribution is 0.200. The average Bonchev–Trinajstić information content (AvgIpc) is 3.35. The number of H-pyrrole nitrogens is 1. The quantitative estimate of drug-likeness (QED) is 0.509. The van der Waals surface area contributed by atoms with Crippen LogP contribution in [0, 0.1) is 0 Å². The van der Waals surface area contributed by atoms with Crippen molar-refractivity contribution in [1.82, 2.24) is 18.8 Å². The maximum atomic E-state index is 13.1. The van der Waals surface area contributed by atoms with Crippen LogP contribution in [0.2, 0.25) is 0 Å². The SMILES string of the molecule is CCCc1cc2c3nc(c(=O)[nH]c3c1)-c1cccc3c(=O)n(sc13)CCN1CCC(C1)O2. The summed E-state index contributed by atoms with van der Waals surface area (Å²) < 4.78 is 9.08. The summed E-state index contributed by atoms with van der Waals surface area (Å²) in [5.41, 5.74) is 3.25. The molecule has 32 heavy (non-hydrogen) atoms. The molecule has 7 nitrogen and oxygen atoms in total. The summed E-state index contributed by atoms with van der Waals surface area (Å²) in [7, 11) is 0. The Morgan fingerprint density at radius 3 is 3.00 bits per heavy atom. The average molecular weight is 449 g/mol. The summed E-state index contributed by atoms with van der Waals surface area (Å²) in [5, 5.41) is 0.637. The molecule has 0 radical (unpaired) electrons. The van der Waals surface area contributed by atoms with E-state index in [0.717, 1.165) is 54.9 Å². The molecule has 2 aliphatic rings. The first-order valence-corrected chi connectivity index (χ1v) is 12.0. The number of nitrogens with one attached hydrogen (secondary N) is 1. The van der Waals surface area contributed by atoms with Gasteiger partial charge in [0.1, 0.15) is 23.1 Å². The van der Waals surface area contributed by atoms with E-state index in [4.69, 9.17) is 9.72 Å². The number of benzene rings is 2. The lowest BCUT2D eigenvalue weighted by Crippen LogP contribution is -2.29. The summed E-state index contributed by atoms with van der Waals surface area (Å²) in [4.78, 5) is 36.4. The fourth-order valence-corrected chi connectivity index (χ4v) is 5.95. The maximum absolute atomic E-state index is 13.1. The number of hydrogen-bond acceptors (Lipinski definition) is 6. The number of fused-ring (bicyclic) bond motifs is 5. The van der Waals surface area contributed by atoms with E-state index < -0.39 is 0 Å². The topological polar surface area (TPSA) is 80.2 Å². The highest BCUT2D eigenvalue weighted by atomic mass is 32.1. The minimum Gasteiger partial charge on any atom is -0.487 e. The van der Waals surface area contributed by atoms with Crippen molar-refractivity contribution in [3.63, 3.8) is 0 Å². The lowest BCUT2D eigenvalue weighted by Gasteiger charge is -2.18. The number of aromatic nitrogens is 3. The van der Waals surface area contributed by atoms with Crippen molar-refractivity contribution < 1.29 is 4.74 Å². The number of aryl methyl sites for hydroxylation is 1. The molecule has 2 atom stereocenters. The van der Waals surface area contributed by atoms with Gasteiger partial charge in [0.2, 0.25) is 0 Å². The minimum atomic E-state index is -0.254. The Hall–Kier alpha value is -2.97. The molecule has 0 amide bonds. The van der Waals surface area contributed by atoms with Crippen LogP contribution in [0.3, 0.4) is 0 Å². The van der Waals surface area contributed by atoms with Gasteiger partial charge < -0.3 is 9.72 Å². The molecular formula is C24H24N4O3S. The Morgan fingerprint density at radius 1 is 1.22 bits per heavy atom. The van der Waals surface area contributed by atoms with Gasteiger partial charge in [-0.25, -0.2) is 4.98 Å². The molecule has 8 heteroatoms. The van der Waals surface area contributed by atoms with Crippen LogP contribution in [0.1, 0.15) is 25.3 Å². The van der Waals surface area contributed by atoms with Crippen molar-refractivity contribution >= 4 is 32.7 Å². The van der Waals surface area contributed by atoms with Gasteiger partial charge in [0.25, 0.3) is 11.1 Å². The molecule has 2 aromatic carbocycles. The summed E-state index contributed by atoms with van der Waals surface area (Å²) in [5.74, 6) is 0.727. The number of rotatable bonds is 2. The third kappa shape index (κ3) is 3.17. The van der Waals surface area contributed by atoms with Gasteiger partial charge in [-0.05, 0) is 36.6 Å². The molecule has 1 fully saturated rings. The van der Waals surface area contributed by atoms with E-state index >= 15 is 0 Å². The third-order valence-corrected chi connectivity index (χ3v) is 7.62. The third-order valence-electron chi connectivity index (χ3n) is 6.43. The fourth-order valence-electron chi connectivity index (χ4n) is 4.86. The lowest BCUT2D eigenvalue weighted by atomic mass is 10.1. The molecule has 4 aromatic rings. The summed E-state index contributed by atoms with van der Waals surface area (Å²) in [6, 6.07) is 9.61. The van der Waals surface area contributed by atoms with Gasteiger partial charge in [-0.3, -0.25) is 18.4 Å².